The Balaban J connectivity index is 1.77. The number of aromatic nitrogens is 1. The van der Waals surface area contributed by atoms with E-state index in [4.69, 9.17) is 14.0 Å². The van der Waals surface area contributed by atoms with Gasteiger partial charge in [0.05, 0.1) is 19.4 Å². The van der Waals surface area contributed by atoms with Crippen LogP contribution in [-0.4, -0.2) is 18.9 Å². The highest BCUT2D eigenvalue weighted by Crippen LogP contribution is 2.34. The summed E-state index contributed by atoms with van der Waals surface area (Å²) in [5.41, 5.74) is 2.03. The molecular weight excluding hydrogens is 244 g/mol. The van der Waals surface area contributed by atoms with Gasteiger partial charge in [0, 0.05) is 30.6 Å². The Bertz CT molecular complexity index is 540. The van der Waals surface area contributed by atoms with Crippen molar-refractivity contribution < 1.29 is 14.0 Å². The molecule has 0 saturated heterocycles. The molecule has 1 aromatic carbocycles. The van der Waals surface area contributed by atoms with E-state index in [1.807, 2.05) is 24.3 Å². The van der Waals surface area contributed by atoms with E-state index in [0.29, 0.717) is 6.54 Å². The zero-order chi connectivity index (χ0) is 13.1. The molecule has 0 saturated carbocycles. The number of hydrogen-bond acceptors (Lipinski definition) is 5. The first-order valence-electron chi connectivity index (χ1n) is 6.30. The van der Waals surface area contributed by atoms with Gasteiger partial charge in [-0.05, 0) is 18.2 Å². The van der Waals surface area contributed by atoms with E-state index in [9.17, 15) is 0 Å². The van der Waals surface area contributed by atoms with Crippen LogP contribution in [0, 0.1) is 0 Å². The predicted octanol–water partition coefficient (Wildman–Crippen LogP) is 2.30. The minimum atomic E-state index is 0.246. The van der Waals surface area contributed by atoms with E-state index >= 15 is 0 Å². The van der Waals surface area contributed by atoms with Gasteiger partial charge in [0.2, 0.25) is 0 Å². The van der Waals surface area contributed by atoms with Gasteiger partial charge in [-0.15, -0.1) is 0 Å². The van der Waals surface area contributed by atoms with Crippen molar-refractivity contribution in [3.8, 4) is 11.5 Å². The summed E-state index contributed by atoms with van der Waals surface area (Å²) in [6, 6.07) is 8.00. The lowest BCUT2D eigenvalue weighted by Crippen LogP contribution is -2.26. The normalized spacial score (nSPS) is 17.6. The fourth-order valence-corrected chi connectivity index (χ4v) is 2.27. The van der Waals surface area contributed by atoms with Crippen LogP contribution in [0.4, 0.5) is 0 Å². The topological polar surface area (TPSA) is 56.5 Å². The molecule has 5 nitrogen and oxygen atoms in total. The number of ether oxygens (including phenoxy) is 2. The van der Waals surface area contributed by atoms with E-state index in [1.54, 1.807) is 13.4 Å². The Labute approximate surface area is 111 Å². The molecule has 3 rings (SSSR count). The molecule has 19 heavy (non-hydrogen) atoms. The van der Waals surface area contributed by atoms with Crippen molar-refractivity contribution in [2.24, 2.45) is 0 Å². The minimum absolute atomic E-state index is 0.246. The average Bonchev–Trinajstić information content (AvgIpc) is 2.97. The second-order valence-corrected chi connectivity index (χ2v) is 4.47. The maximum absolute atomic E-state index is 5.66. The van der Waals surface area contributed by atoms with Crippen LogP contribution < -0.4 is 14.8 Å². The van der Waals surface area contributed by atoms with Gasteiger partial charge in [-0.3, -0.25) is 0 Å². The molecule has 0 radical (unpaired) electrons. The minimum Gasteiger partial charge on any atom is -0.497 e. The van der Waals surface area contributed by atoms with Crippen LogP contribution in [0.1, 0.15) is 23.7 Å². The molecule has 1 unspecified atom stereocenters. The summed E-state index contributed by atoms with van der Waals surface area (Å²) in [6.07, 6.45) is 2.51. The van der Waals surface area contributed by atoms with Gasteiger partial charge in [0.15, 0.2) is 0 Å². The van der Waals surface area contributed by atoms with Crippen LogP contribution in [0.2, 0.25) is 0 Å². The van der Waals surface area contributed by atoms with Crippen molar-refractivity contribution in [1.29, 1.82) is 0 Å². The Hall–Kier alpha value is -2.01. The molecule has 0 aliphatic carbocycles. The number of fused-ring (bicyclic) bond motifs is 1. The Morgan fingerprint density at radius 3 is 3.16 bits per heavy atom. The third-order valence-electron chi connectivity index (χ3n) is 3.28. The third-order valence-corrected chi connectivity index (χ3v) is 3.28. The molecule has 0 fully saturated rings. The first kappa shape index (κ1) is 12.0. The van der Waals surface area contributed by atoms with Gasteiger partial charge < -0.3 is 19.3 Å². The van der Waals surface area contributed by atoms with Crippen molar-refractivity contribution in [1.82, 2.24) is 10.5 Å². The number of methoxy groups -OCH3 is 1. The maximum Gasteiger partial charge on any atom is 0.124 e. The zero-order valence-electron chi connectivity index (χ0n) is 10.8. The van der Waals surface area contributed by atoms with E-state index in [-0.39, 0.29) is 6.04 Å². The number of nitrogens with zero attached hydrogens (tertiary/aromatic N) is 1. The molecular formula is C14H16N2O3. The second-order valence-electron chi connectivity index (χ2n) is 4.47. The van der Waals surface area contributed by atoms with Gasteiger partial charge in [-0.25, -0.2) is 0 Å². The van der Waals surface area contributed by atoms with Crippen molar-refractivity contribution in [2.75, 3.05) is 13.7 Å². The Kier molecular flexibility index (Phi) is 3.37. The molecule has 0 amide bonds. The van der Waals surface area contributed by atoms with Crippen LogP contribution >= 0.6 is 0 Å². The molecule has 2 heterocycles. The second kappa shape index (κ2) is 5.32. The summed E-state index contributed by atoms with van der Waals surface area (Å²) < 4.78 is 15.8. The zero-order valence-corrected chi connectivity index (χ0v) is 10.8. The van der Waals surface area contributed by atoms with Gasteiger partial charge in [0.1, 0.15) is 17.8 Å². The van der Waals surface area contributed by atoms with Crippen LogP contribution in [0.15, 0.2) is 35.1 Å². The monoisotopic (exact) mass is 260 g/mol. The molecule has 1 aliphatic rings. The lowest BCUT2D eigenvalue weighted by Gasteiger charge is -2.27. The van der Waals surface area contributed by atoms with Crippen molar-refractivity contribution >= 4 is 0 Å². The van der Waals surface area contributed by atoms with Crippen LogP contribution in [0.3, 0.4) is 0 Å². The number of rotatable bonds is 4. The first-order chi connectivity index (χ1) is 9.36. The summed E-state index contributed by atoms with van der Waals surface area (Å²) in [6.45, 7) is 1.40. The molecule has 0 spiro atoms. The standard InChI is InChI=1S/C14H16N2O3/c1-17-11-2-3-14-12(8-11)13(5-6-18-14)15-9-10-4-7-19-16-10/h2-4,7-8,13,15H,5-6,9H2,1H3. The molecule has 1 aromatic heterocycles. The smallest absolute Gasteiger partial charge is 0.124 e. The summed E-state index contributed by atoms with van der Waals surface area (Å²) in [7, 11) is 1.67. The first-order valence-corrected chi connectivity index (χ1v) is 6.30. The maximum atomic E-state index is 5.66. The van der Waals surface area contributed by atoms with Crippen molar-refractivity contribution in [3.63, 3.8) is 0 Å². The number of hydrogen-bond donors (Lipinski definition) is 1. The summed E-state index contributed by atoms with van der Waals surface area (Å²) >= 11 is 0. The predicted molar refractivity (Wildman–Crippen MR) is 69.2 cm³/mol. The lowest BCUT2D eigenvalue weighted by atomic mass is 10.00. The molecule has 1 N–H and O–H groups in total. The van der Waals surface area contributed by atoms with E-state index in [2.05, 4.69) is 10.5 Å². The summed E-state index contributed by atoms with van der Waals surface area (Å²) in [5.74, 6) is 1.77. The summed E-state index contributed by atoms with van der Waals surface area (Å²) in [4.78, 5) is 0. The molecule has 2 aromatic rings. The molecule has 1 atom stereocenters. The highest BCUT2D eigenvalue weighted by atomic mass is 16.5. The van der Waals surface area contributed by atoms with Gasteiger partial charge in [-0.2, -0.15) is 0 Å². The van der Waals surface area contributed by atoms with E-state index in [0.717, 1.165) is 35.8 Å². The fraction of sp³-hybridized carbons (Fsp3) is 0.357. The number of benzene rings is 1. The fourth-order valence-electron chi connectivity index (χ4n) is 2.27. The Morgan fingerprint density at radius 1 is 1.42 bits per heavy atom. The van der Waals surface area contributed by atoms with Gasteiger partial charge in [-0.1, -0.05) is 5.16 Å². The SMILES string of the molecule is COc1ccc2c(c1)C(NCc1ccon1)CCO2. The Morgan fingerprint density at radius 2 is 2.37 bits per heavy atom. The largest absolute Gasteiger partial charge is 0.497 e. The average molecular weight is 260 g/mol. The van der Waals surface area contributed by atoms with Crippen LogP contribution in [0.5, 0.6) is 11.5 Å². The van der Waals surface area contributed by atoms with Crippen molar-refractivity contribution in [3.05, 3.63) is 41.8 Å². The van der Waals surface area contributed by atoms with E-state index in [1.165, 1.54) is 0 Å². The number of nitrogens with one attached hydrogen (secondary N) is 1. The molecule has 100 valence electrons. The van der Waals surface area contributed by atoms with Crippen molar-refractivity contribution in [2.45, 2.75) is 19.0 Å². The van der Waals surface area contributed by atoms with E-state index < -0.39 is 0 Å². The molecule has 0 bridgehead atoms. The van der Waals surface area contributed by atoms with Gasteiger partial charge >= 0.3 is 0 Å². The quantitative estimate of drug-likeness (QED) is 0.914. The highest BCUT2D eigenvalue weighted by Gasteiger charge is 2.21. The molecule has 1 aliphatic heterocycles. The van der Waals surface area contributed by atoms with Crippen LogP contribution in [0.25, 0.3) is 0 Å². The molecule has 5 heteroatoms. The van der Waals surface area contributed by atoms with Gasteiger partial charge in [0.25, 0.3) is 0 Å². The van der Waals surface area contributed by atoms with Crippen LogP contribution in [-0.2, 0) is 6.54 Å². The summed E-state index contributed by atoms with van der Waals surface area (Å²) in [5, 5.41) is 7.37. The lowest BCUT2D eigenvalue weighted by molar-refractivity contribution is 0.250. The third kappa shape index (κ3) is 2.56. The highest BCUT2D eigenvalue weighted by molar-refractivity contribution is 5.43.